The van der Waals surface area contributed by atoms with Crippen molar-refractivity contribution in [2.45, 2.75) is 19.1 Å². The van der Waals surface area contributed by atoms with Gasteiger partial charge in [-0.15, -0.1) is 0 Å². The van der Waals surface area contributed by atoms with Crippen molar-refractivity contribution in [3.63, 3.8) is 0 Å². The van der Waals surface area contributed by atoms with Crippen LogP contribution in [-0.4, -0.2) is 41.9 Å². The number of anilines is 1. The molecule has 1 heterocycles. The van der Waals surface area contributed by atoms with Crippen molar-refractivity contribution < 1.29 is 14.8 Å². The van der Waals surface area contributed by atoms with E-state index in [9.17, 15) is 15.2 Å². The molecule has 1 aliphatic heterocycles. The lowest BCUT2D eigenvalue weighted by molar-refractivity contribution is -0.384. The first-order valence-corrected chi connectivity index (χ1v) is 6.75. The molecule has 1 saturated heterocycles. The molecule has 0 aliphatic carbocycles. The van der Waals surface area contributed by atoms with Gasteiger partial charge in [0.2, 0.25) is 0 Å². The minimum atomic E-state index is -0.424. The number of benzene rings is 1. The Bertz CT molecular complexity index is 483. The molecule has 2 atom stereocenters. The van der Waals surface area contributed by atoms with Gasteiger partial charge in [-0.25, -0.2) is 0 Å². The lowest BCUT2D eigenvalue weighted by Crippen LogP contribution is -2.48. The molecular weight excluding hydrogens is 316 g/mol. The van der Waals surface area contributed by atoms with Gasteiger partial charge in [-0.2, -0.15) is 0 Å². The number of nitro benzene ring substituents is 1. The molecule has 0 spiro atoms. The highest BCUT2D eigenvalue weighted by Crippen LogP contribution is 2.31. The maximum absolute atomic E-state index is 10.7. The summed E-state index contributed by atoms with van der Waals surface area (Å²) in [6, 6.07) is 4.69. The lowest BCUT2D eigenvalue weighted by atomic mass is 10.2. The molecule has 1 aliphatic rings. The second kappa shape index (κ2) is 5.85. The van der Waals surface area contributed by atoms with Crippen molar-refractivity contribution in [2.75, 3.05) is 24.6 Å². The average Bonchev–Trinajstić information content (AvgIpc) is 2.37. The number of hydrogen-bond donors (Lipinski definition) is 1. The summed E-state index contributed by atoms with van der Waals surface area (Å²) in [5.74, 6) is 0. The number of halogens is 1. The number of ether oxygens (including phenoxy) is 1. The molecule has 0 bridgehead atoms. The van der Waals surface area contributed by atoms with Gasteiger partial charge in [0.1, 0.15) is 0 Å². The number of nitrogens with zero attached hydrogens (tertiary/aromatic N) is 2. The largest absolute Gasteiger partial charge is 0.394 e. The molecule has 1 fully saturated rings. The van der Waals surface area contributed by atoms with Gasteiger partial charge in [-0.3, -0.25) is 10.1 Å². The van der Waals surface area contributed by atoms with Crippen LogP contribution in [0.4, 0.5) is 11.4 Å². The predicted octanol–water partition coefficient (Wildman–Crippen LogP) is 1.94. The van der Waals surface area contributed by atoms with Crippen LogP contribution in [0.25, 0.3) is 0 Å². The van der Waals surface area contributed by atoms with Gasteiger partial charge in [0, 0.05) is 29.7 Å². The molecule has 2 rings (SSSR count). The van der Waals surface area contributed by atoms with Crippen LogP contribution < -0.4 is 4.90 Å². The van der Waals surface area contributed by atoms with Crippen molar-refractivity contribution >= 4 is 27.3 Å². The number of morpholine rings is 1. The summed E-state index contributed by atoms with van der Waals surface area (Å²) < 4.78 is 6.25. The second-order valence-corrected chi connectivity index (χ2v) is 5.40. The Kier molecular flexibility index (Phi) is 4.38. The van der Waals surface area contributed by atoms with Gasteiger partial charge >= 0.3 is 0 Å². The standard InChI is InChI=1S/C12H15BrN2O4/c1-8-5-14(6-10(7-16)19-8)12-3-2-9(15(17)18)4-11(12)13/h2-4,8,10,16H,5-7H2,1H3. The SMILES string of the molecule is CC1CN(c2ccc([N+](=O)[O-])cc2Br)CC(CO)O1. The molecule has 1 aromatic carbocycles. The summed E-state index contributed by atoms with van der Waals surface area (Å²) in [6.07, 6.45) is -0.223. The van der Waals surface area contributed by atoms with E-state index < -0.39 is 4.92 Å². The lowest BCUT2D eigenvalue weighted by Gasteiger charge is -2.37. The Morgan fingerprint density at radius 2 is 2.32 bits per heavy atom. The van der Waals surface area contributed by atoms with Crippen molar-refractivity contribution in [2.24, 2.45) is 0 Å². The van der Waals surface area contributed by atoms with E-state index in [0.717, 1.165) is 5.69 Å². The molecule has 104 valence electrons. The monoisotopic (exact) mass is 330 g/mol. The van der Waals surface area contributed by atoms with Crippen molar-refractivity contribution in [3.05, 3.63) is 32.8 Å². The Morgan fingerprint density at radius 3 is 2.89 bits per heavy atom. The van der Waals surface area contributed by atoms with Crippen LogP contribution in [-0.2, 0) is 4.74 Å². The zero-order valence-electron chi connectivity index (χ0n) is 10.5. The van der Waals surface area contributed by atoms with Crippen LogP contribution >= 0.6 is 15.9 Å². The van der Waals surface area contributed by atoms with E-state index in [1.807, 2.05) is 6.92 Å². The van der Waals surface area contributed by atoms with Crippen molar-refractivity contribution in [3.8, 4) is 0 Å². The molecule has 2 unspecified atom stereocenters. The molecule has 6 nitrogen and oxygen atoms in total. The topological polar surface area (TPSA) is 75.8 Å². The predicted molar refractivity (Wildman–Crippen MR) is 74.4 cm³/mol. The quantitative estimate of drug-likeness (QED) is 0.677. The highest BCUT2D eigenvalue weighted by Gasteiger charge is 2.26. The maximum atomic E-state index is 10.7. The van der Waals surface area contributed by atoms with E-state index in [2.05, 4.69) is 20.8 Å². The molecule has 0 aromatic heterocycles. The van der Waals surface area contributed by atoms with Crippen LogP contribution in [0.15, 0.2) is 22.7 Å². The fraction of sp³-hybridized carbons (Fsp3) is 0.500. The third kappa shape index (κ3) is 3.23. The zero-order valence-corrected chi connectivity index (χ0v) is 12.0. The summed E-state index contributed by atoms with van der Waals surface area (Å²) in [7, 11) is 0. The first-order chi connectivity index (χ1) is 9.01. The van der Waals surface area contributed by atoms with E-state index in [4.69, 9.17) is 4.74 Å². The third-order valence-electron chi connectivity index (χ3n) is 3.01. The summed E-state index contributed by atoms with van der Waals surface area (Å²) >= 11 is 3.36. The molecule has 19 heavy (non-hydrogen) atoms. The number of rotatable bonds is 3. The molecule has 7 heteroatoms. The molecule has 0 radical (unpaired) electrons. The van der Waals surface area contributed by atoms with Gasteiger partial charge in [0.15, 0.2) is 0 Å². The Balaban J connectivity index is 2.23. The summed E-state index contributed by atoms with van der Waals surface area (Å²) in [5.41, 5.74) is 0.926. The van der Waals surface area contributed by atoms with Gasteiger partial charge in [-0.05, 0) is 28.9 Å². The molecule has 0 saturated carbocycles. The maximum Gasteiger partial charge on any atom is 0.270 e. The number of aliphatic hydroxyl groups excluding tert-OH is 1. The number of non-ortho nitro benzene ring substituents is 1. The summed E-state index contributed by atoms with van der Waals surface area (Å²) in [4.78, 5) is 12.3. The smallest absolute Gasteiger partial charge is 0.270 e. The van der Waals surface area contributed by atoms with E-state index in [0.29, 0.717) is 17.6 Å². The first-order valence-electron chi connectivity index (χ1n) is 5.96. The van der Waals surface area contributed by atoms with Crippen LogP contribution in [0.1, 0.15) is 6.92 Å². The zero-order chi connectivity index (χ0) is 14.0. The van der Waals surface area contributed by atoms with Crippen LogP contribution in [0, 0.1) is 10.1 Å². The van der Waals surface area contributed by atoms with Crippen molar-refractivity contribution in [1.82, 2.24) is 0 Å². The van der Waals surface area contributed by atoms with Crippen LogP contribution in [0.5, 0.6) is 0 Å². The van der Waals surface area contributed by atoms with Crippen LogP contribution in [0.2, 0.25) is 0 Å². The molecule has 1 N–H and O–H groups in total. The first kappa shape index (κ1) is 14.2. The van der Waals surface area contributed by atoms with Crippen molar-refractivity contribution in [1.29, 1.82) is 0 Å². The fourth-order valence-corrected chi connectivity index (χ4v) is 2.83. The Labute approximate surface area is 119 Å². The van der Waals surface area contributed by atoms with Gasteiger partial charge in [0.05, 0.1) is 29.4 Å². The van der Waals surface area contributed by atoms with Crippen LogP contribution in [0.3, 0.4) is 0 Å². The summed E-state index contributed by atoms with van der Waals surface area (Å²) in [5, 5.41) is 19.9. The normalized spacial score (nSPS) is 23.4. The number of aliphatic hydroxyl groups is 1. The number of nitro groups is 1. The number of hydrogen-bond acceptors (Lipinski definition) is 5. The second-order valence-electron chi connectivity index (χ2n) is 4.55. The van der Waals surface area contributed by atoms with E-state index in [-0.39, 0.29) is 24.5 Å². The Morgan fingerprint density at radius 1 is 1.58 bits per heavy atom. The Hall–Kier alpha value is -1.18. The highest BCUT2D eigenvalue weighted by atomic mass is 79.9. The van der Waals surface area contributed by atoms with Gasteiger partial charge < -0.3 is 14.7 Å². The summed E-state index contributed by atoms with van der Waals surface area (Å²) in [6.45, 7) is 3.16. The molecular formula is C12H15BrN2O4. The average molecular weight is 331 g/mol. The minimum Gasteiger partial charge on any atom is -0.394 e. The highest BCUT2D eigenvalue weighted by molar-refractivity contribution is 9.10. The third-order valence-corrected chi connectivity index (χ3v) is 3.65. The fourth-order valence-electron chi connectivity index (χ4n) is 2.21. The molecule has 0 amide bonds. The van der Waals surface area contributed by atoms with E-state index in [1.165, 1.54) is 12.1 Å². The van der Waals surface area contributed by atoms with E-state index in [1.54, 1.807) is 6.07 Å². The minimum absolute atomic E-state index is 0.00740. The van der Waals surface area contributed by atoms with Gasteiger partial charge in [-0.1, -0.05) is 0 Å². The molecule has 1 aromatic rings. The van der Waals surface area contributed by atoms with E-state index >= 15 is 0 Å². The van der Waals surface area contributed by atoms with Gasteiger partial charge in [0.25, 0.3) is 5.69 Å².